The zero-order valence-electron chi connectivity index (χ0n) is 17.2. The number of allylic oxidation sites excluding steroid dienone is 1. The van der Waals surface area contributed by atoms with Crippen LogP contribution >= 0.6 is 0 Å². The summed E-state index contributed by atoms with van der Waals surface area (Å²) in [5, 5.41) is 0. The molecule has 0 bridgehead atoms. The molecule has 29 heavy (non-hydrogen) atoms. The third-order valence-electron chi connectivity index (χ3n) is 5.69. The maximum Gasteiger partial charge on any atom is 0.167 e. The van der Waals surface area contributed by atoms with E-state index in [4.69, 9.17) is 4.74 Å². The fourth-order valence-electron chi connectivity index (χ4n) is 4.03. The van der Waals surface area contributed by atoms with Crippen molar-refractivity contribution in [2.75, 3.05) is 6.61 Å². The van der Waals surface area contributed by atoms with E-state index in [1.165, 1.54) is 31.0 Å². The number of unbranched alkanes of at least 4 members (excludes halogenated alkanes) is 2. The maximum atomic E-state index is 14.8. The molecule has 0 spiro atoms. The lowest BCUT2D eigenvalue weighted by atomic mass is 9.88. The molecule has 1 aliphatic heterocycles. The fourth-order valence-corrected chi connectivity index (χ4v) is 4.03. The summed E-state index contributed by atoms with van der Waals surface area (Å²) in [6.07, 6.45) is 9.93. The Labute approximate surface area is 171 Å². The quantitative estimate of drug-likeness (QED) is 0.432. The summed E-state index contributed by atoms with van der Waals surface area (Å²) >= 11 is 0. The van der Waals surface area contributed by atoms with Gasteiger partial charge in [-0.15, -0.1) is 0 Å². The van der Waals surface area contributed by atoms with Crippen LogP contribution in [0.4, 0.5) is 13.2 Å². The molecule has 0 aromatic heterocycles. The second-order valence-corrected chi connectivity index (χ2v) is 7.79. The van der Waals surface area contributed by atoms with Crippen molar-refractivity contribution in [3.63, 3.8) is 0 Å². The number of hydrogen-bond acceptors (Lipinski definition) is 1. The van der Waals surface area contributed by atoms with E-state index in [1.807, 2.05) is 6.92 Å². The molecule has 1 aliphatic rings. The SMILES string of the molecule is C/C=C/c1ccc(-c2ccc(C3CCC(CCCCC)OC3)c(F)c2F)c(F)c1. The van der Waals surface area contributed by atoms with Crippen LogP contribution in [0.2, 0.25) is 0 Å². The zero-order chi connectivity index (χ0) is 20.8. The van der Waals surface area contributed by atoms with Crippen molar-refractivity contribution >= 4 is 6.08 Å². The lowest BCUT2D eigenvalue weighted by Crippen LogP contribution is -2.25. The van der Waals surface area contributed by atoms with Gasteiger partial charge in [-0.3, -0.25) is 0 Å². The van der Waals surface area contributed by atoms with Crippen LogP contribution in [0.25, 0.3) is 17.2 Å². The third-order valence-corrected chi connectivity index (χ3v) is 5.69. The van der Waals surface area contributed by atoms with Gasteiger partial charge in [0, 0.05) is 17.0 Å². The second-order valence-electron chi connectivity index (χ2n) is 7.79. The molecule has 0 radical (unpaired) electrons. The molecule has 2 aromatic rings. The summed E-state index contributed by atoms with van der Waals surface area (Å²) in [6.45, 7) is 4.40. The average molecular weight is 403 g/mol. The highest BCUT2D eigenvalue weighted by atomic mass is 19.2. The van der Waals surface area contributed by atoms with Gasteiger partial charge in [0.1, 0.15) is 5.82 Å². The van der Waals surface area contributed by atoms with Crippen molar-refractivity contribution in [3.8, 4) is 11.1 Å². The van der Waals surface area contributed by atoms with Gasteiger partial charge < -0.3 is 4.74 Å². The predicted octanol–water partition coefficient (Wildman–Crippen LogP) is 7.65. The van der Waals surface area contributed by atoms with Crippen LogP contribution in [0.3, 0.4) is 0 Å². The van der Waals surface area contributed by atoms with Gasteiger partial charge in [-0.2, -0.15) is 0 Å². The summed E-state index contributed by atoms with van der Waals surface area (Å²) in [4.78, 5) is 0. The van der Waals surface area contributed by atoms with Crippen molar-refractivity contribution in [2.45, 2.75) is 64.4 Å². The first kappa shape index (κ1) is 21.6. The van der Waals surface area contributed by atoms with E-state index in [2.05, 4.69) is 6.92 Å². The fraction of sp³-hybridized carbons (Fsp3) is 0.440. The average Bonchev–Trinajstić information content (AvgIpc) is 2.72. The van der Waals surface area contributed by atoms with E-state index in [-0.39, 0.29) is 23.1 Å². The van der Waals surface area contributed by atoms with Crippen LogP contribution in [0.5, 0.6) is 0 Å². The van der Waals surface area contributed by atoms with Crippen LogP contribution in [-0.4, -0.2) is 12.7 Å². The normalized spacial score (nSPS) is 19.8. The van der Waals surface area contributed by atoms with Gasteiger partial charge in [-0.1, -0.05) is 62.6 Å². The minimum Gasteiger partial charge on any atom is -0.378 e. The van der Waals surface area contributed by atoms with E-state index in [1.54, 1.807) is 24.3 Å². The first-order valence-corrected chi connectivity index (χ1v) is 10.6. The molecule has 1 nitrogen and oxygen atoms in total. The van der Waals surface area contributed by atoms with E-state index >= 15 is 0 Å². The highest BCUT2D eigenvalue weighted by Gasteiger charge is 2.27. The molecule has 0 aliphatic carbocycles. The Balaban J connectivity index is 1.75. The van der Waals surface area contributed by atoms with Gasteiger partial charge in [0.25, 0.3) is 0 Å². The van der Waals surface area contributed by atoms with Crippen LogP contribution in [0, 0.1) is 17.5 Å². The van der Waals surface area contributed by atoms with Gasteiger partial charge in [-0.25, -0.2) is 13.2 Å². The summed E-state index contributed by atoms with van der Waals surface area (Å²) in [6, 6.07) is 7.58. The van der Waals surface area contributed by atoms with E-state index in [0.29, 0.717) is 17.7 Å². The van der Waals surface area contributed by atoms with Crippen molar-refractivity contribution in [3.05, 3.63) is 65.0 Å². The minimum absolute atomic E-state index is 0.0510. The predicted molar refractivity (Wildman–Crippen MR) is 112 cm³/mol. The second kappa shape index (κ2) is 10.1. The topological polar surface area (TPSA) is 9.23 Å². The molecule has 1 saturated heterocycles. The van der Waals surface area contributed by atoms with Crippen LogP contribution in [0.1, 0.15) is 69.4 Å². The maximum absolute atomic E-state index is 14.8. The monoisotopic (exact) mass is 402 g/mol. The smallest absolute Gasteiger partial charge is 0.167 e. The van der Waals surface area contributed by atoms with Crippen molar-refractivity contribution in [1.82, 2.24) is 0 Å². The van der Waals surface area contributed by atoms with Crippen molar-refractivity contribution < 1.29 is 17.9 Å². The molecule has 156 valence electrons. The van der Waals surface area contributed by atoms with Gasteiger partial charge in [-0.05, 0) is 43.4 Å². The standard InChI is InChI=1S/C25H29F3O/c1-3-5-6-8-19-11-10-18(16-29-19)20-13-14-22(25(28)24(20)27)21-12-9-17(7-4-2)15-23(21)26/h4,7,9,12-15,18-19H,3,5-6,8,10-11,16H2,1-2H3/b7-4+. The summed E-state index contributed by atoms with van der Waals surface area (Å²) in [5.41, 5.74) is 1.02. The van der Waals surface area contributed by atoms with E-state index in [0.717, 1.165) is 25.7 Å². The molecular formula is C25H29F3O. The highest BCUT2D eigenvalue weighted by molar-refractivity contribution is 5.67. The number of benzene rings is 2. The molecule has 4 heteroatoms. The molecule has 2 aromatic carbocycles. The van der Waals surface area contributed by atoms with Crippen molar-refractivity contribution in [2.24, 2.45) is 0 Å². The number of hydrogen-bond donors (Lipinski definition) is 0. The van der Waals surface area contributed by atoms with Gasteiger partial charge in [0.15, 0.2) is 11.6 Å². The Morgan fingerprint density at radius 3 is 2.45 bits per heavy atom. The van der Waals surface area contributed by atoms with Crippen molar-refractivity contribution in [1.29, 1.82) is 0 Å². The highest BCUT2D eigenvalue weighted by Crippen LogP contribution is 2.35. The van der Waals surface area contributed by atoms with Crippen LogP contribution < -0.4 is 0 Å². The minimum atomic E-state index is -0.995. The molecule has 3 rings (SSSR count). The van der Waals surface area contributed by atoms with Gasteiger partial charge in [0.2, 0.25) is 0 Å². The molecule has 2 atom stereocenters. The molecule has 0 N–H and O–H groups in total. The Bertz CT molecular complexity index is 851. The van der Waals surface area contributed by atoms with Gasteiger partial charge >= 0.3 is 0 Å². The van der Waals surface area contributed by atoms with E-state index in [9.17, 15) is 13.2 Å². The molecular weight excluding hydrogens is 373 g/mol. The summed E-state index contributed by atoms with van der Waals surface area (Å²) < 4.78 is 50.0. The molecule has 1 heterocycles. The van der Waals surface area contributed by atoms with E-state index < -0.39 is 17.5 Å². The molecule has 0 saturated carbocycles. The first-order chi connectivity index (χ1) is 14.0. The zero-order valence-corrected chi connectivity index (χ0v) is 17.2. The summed E-state index contributed by atoms with van der Waals surface area (Å²) in [7, 11) is 0. The Morgan fingerprint density at radius 2 is 1.79 bits per heavy atom. The Kier molecular flexibility index (Phi) is 7.54. The molecule has 1 fully saturated rings. The lowest BCUT2D eigenvalue weighted by Gasteiger charge is -2.30. The molecule has 0 amide bonds. The number of rotatable bonds is 7. The summed E-state index contributed by atoms with van der Waals surface area (Å²) in [5.74, 6) is -2.62. The Morgan fingerprint density at radius 1 is 1.00 bits per heavy atom. The first-order valence-electron chi connectivity index (χ1n) is 10.6. The lowest BCUT2D eigenvalue weighted by molar-refractivity contribution is -0.00277. The van der Waals surface area contributed by atoms with Crippen LogP contribution in [0.15, 0.2) is 36.4 Å². The third kappa shape index (κ3) is 5.11. The Hall–Kier alpha value is -2.07. The van der Waals surface area contributed by atoms with Crippen LogP contribution in [-0.2, 0) is 4.74 Å². The van der Waals surface area contributed by atoms with Gasteiger partial charge in [0.05, 0.1) is 12.7 Å². The largest absolute Gasteiger partial charge is 0.378 e. The number of ether oxygens (including phenoxy) is 1. The number of halogens is 3. The molecule has 2 unspecified atom stereocenters.